The second-order valence-electron chi connectivity index (χ2n) is 8.93. The summed E-state index contributed by atoms with van der Waals surface area (Å²) in [5.41, 5.74) is 2.01. The summed E-state index contributed by atoms with van der Waals surface area (Å²) in [7, 11) is 0. The minimum Gasteiger partial charge on any atom is -0.462 e. The molecule has 6 nitrogen and oxygen atoms in total. The Kier molecular flexibility index (Phi) is 11.5. The van der Waals surface area contributed by atoms with Crippen molar-refractivity contribution >= 4 is 11.9 Å². The molecule has 0 aromatic heterocycles. The third-order valence-corrected chi connectivity index (χ3v) is 6.00. The molecule has 0 atom stereocenters. The average molecular weight is 493 g/mol. The molecule has 0 bridgehead atoms. The molecule has 1 aliphatic heterocycles. The largest absolute Gasteiger partial charge is 0.462 e. The fourth-order valence-corrected chi connectivity index (χ4v) is 3.97. The van der Waals surface area contributed by atoms with Crippen LogP contribution in [0.4, 0.5) is 0 Å². The monoisotopic (exact) mass is 492 g/mol. The van der Waals surface area contributed by atoms with Crippen LogP contribution in [-0.2, 0) is 19.0 Å². The lowest BCUT2D eigenvalue weighted by Gasteiger charge is -2.29. The van der Waals surface area contributed by atoms with E-state index in [1.807, 2.05) is 24.3 Å². The van der Waals surface area contributed by atoms with E-state index in [1.54, 1.807) is 19.1 Å². The van der Waals surface area contributed by atoms with E-state index in [4.69, 9.17) is 18.9 Å². The van der Waals surface area contributed by atoms with Crippen molar-refractivity contribution < 1.29 is 28.5 Å². The van der Waals surface area contributed by atoms with Crippen LogP contribution in [0.3, 0.4) is 0 Å². The lowest BCUT2D eigenvalue weighted by molar-refractivity contribution is -0.206. The zero-order valence-corrected chi connectivity index (χ0v) is 21.3. The summed E-state index contributed by atoms with van der Waals surface area (Å²) in [4.78, 5) is 23.7. The van der Waals surface area contributed by atoms with Crippen LogP contribution >= 0.6 is 0 Å². The molecule has 0 N–H and O–H groups in total. The standard InChI is InChI=1S/C30H36O6/c1-3-5-6-7-8-9-10-24-21-34-30(35-22-24)26-14-11-23(12-15-26)13-20-28(31)36-27-18-16-25(17-19-27)29(32)33-4-2/h11-12,14-19,24,30H,3-10,21-22H2,1-2H3. The van der Waals surface area contributed by atoms with Crippen LogP contribution in [-0.4, -0.2) is 31.8 Å². The molecule has 0 radical (unpaired) electrons. The number of carbonyl (C=O) groups excluding carboxylic acids is 2. The number of carbonyl (C=O) groups is 2. The van der Waals surface area contributed by atoms with Gasteiger partial charge in [0.05, 0.1) is 25.4 Å². The van der Waals surface area contributed by atoms with Crippen molar-refractivity contribution in [2.24, 2.45) is 5.92 Å². The second-order valence-corrected chi connectivity index (χ2v) is 8.93. The van der Waals surface area contributed by atoms with Crippen LogP contribution in [0.1, 0.15) is 86.6 Å². The summed E-state index contributed by atoms with van der Waals surface area (Å²) < 4.78 is 22.0. The first-order valence-electron chi connectivity index (χ1n) is 12.9. The van der Waals surface area contributed by atoms with E-state index in [1.165, 1.54) is 50.7 Å². The van der Waals surface area contributed by atoms with E-state index < -0.39 is 11.9 Å². The Morgan fingerprint density at radius 3 is 2.22 bits per heavy atom. The Morgan fingerprint density at radius 2 is 1.56 bits per heavy atom. The van der Waals surface area contributed by atoms with Crippen molar-refractivity contribution in [2.75, 3.05) is 19.8 Å². The molecule has 36 heavy (non-hydrogen) atoms. The second kappa shape index (κ2) is 15.1. The number of rotatable bonds is 11. The molecule has 6 heteroatoms. The highest BCUT2D eigenvalue weighted by molar-refractivity contribution is 5.91. The van der Waals surface area contributed by atoms with Crippen LogP contribution < -0.4 is 4.74 Å². The fourth-order valence-electron chi connectivity index (χ4n) is 3.97. The Labute approximate surface area is 214 Å². The molecule has 1 fully saturated rings. The Balaban J connectivity index is 1.41. The molecule has 0 saturated carbocycles. The van der Waals surface area contributed by atoms with Crippen molar-refractivity contribution in [3.8, 4) is 17.6 Å². The maximum atomic E-state index is 12.1. The Hall–Kier alpha value is -3.14. The molecule has 3 rings (SSSR count). The molecular weight excluding hydrogens is 456 g/mol. The predicted molar refractivity (Wildman–Crippen MR) is 137 cm³/mol. The number of hydrogen-bond donors (Lipinski definition) is 0. The molecule has 2 aromatic rings. The van der Waals surface area contributed by atoms with Gasteiger partial charge in [0.1, 0.15) is 5.75 Å². The highest BCUT2D eigenvalue weighted by Gasteiger charge is 2.23. The molecule has 192 valence electrons. The molecule has 1 aliphatic rings. The van der Waals surface area contributed by atoms with Gasteiger partial charge in [-0.1, -0.05) is 63.5 Å². The van der Waals surface area contributed by atoms with Gasteiger partial charge in [0.15, 0.2) is 6.29 Å². The summed E-state index contributed by atoms with van der Waals surface area (Å²) in [6.07, 6.45) is 8.58. The van der Waals surface area contributed by atoms with Gasteiger partial charge in [0.2, 0.25) is 0 Å². The highest BCUT2D eigenvalue weighted by Crippen LogP contribution is 2.27. The molecular formula is C30H36O6. The number of benzene rings is 2. The smallest absolute Gasteiger partial charge is 0.390 e. The first-order valence-corrected chi connectivity index (χ1v) is 12.9. The SMILES string of the molecule is CCCCCCCCC1COC(c2ccc(C#CC(=O)Oc3ccc(C(=O)OCC)cc3)cc2)OC1. The van der Waals surface area contributed by atoms with E-state index in [0.717, 1.165) is 12.0 Å². The van der Waals surface area contributed by atoms with Crippen molar-refractivity contribution in [3.05, 3.63) is 65.2 Å². The molecule has 0 aliphatic carbocycles. The summed E-state index contributed by atoms with van der Waals surface area (Å²) in [6, 6.07) is 13.6. The lowest BCUT2D eigenvalue weighted by Crippen LogP contribution is -2.27. The summed E-state index contributed by atoms with van der Waals surface area (Å²) in [6.45, 7) is 5.71. The van der Waals surface area contributed by atoms with E-state index in [0.29, 0.717) is 42.6 Å². The lowest BCUT2D eigenvalue weighted by atomic mass is 10.0. The van der Waals surface area contributed by atoms with E-state index in [9.17, 15) is 9.59 Å². The van der Waals surface area contributed by atoms with Gasteiger partial charge in [-0.3, -0.25) is 0 Å². The van der Waals surface area contributed by atoms with Crippen LogP contribution in [0, 0.1) is 17.8 Å². The van der Waals surface area contributed by atoms with Crippen molar-refractivity contribution in [3.63, 3.8) is 0 Å². The Morgan fingerprint density at radius 1 is 0.889 bits per heavy atom. The van der Waals surface area contributed by atoms with Gasteiger partial charge in [-0.05, 0) is 49.7 Å². The molecule has 0 spiro atoms. The minimum atomic E-state index is -0.682. The van der Waals surface area contributed by atoms with Gasteiger partial charge in [0.25, 0.3) is 0 Å². The number of hydrogen-bond acceptors (Lipinski definition) is 6. The van der Waals surface area contributed by atoms with E-state index in [-0.39, 0.29) is 6.29 Å². The summed E-state index contributed by atoms with van der Waals surface area (Å²) >= 11 is 0. The average Bonchev–Trinajstić information content (AvgIpc) is 2.91. The van der Waals surface area contributed by atoms with Gasteiger partial charge in [0, 0.05) is 23.0 Å². The molecule has 0 unspecified atom stereocenters. The van der Waals surface area contributed by atoms with Gasteiger partial charge < -0.3 is 18.9 Å². The topological polar surface area (TPSA) is 71.1 Å². The molecule has 1 heterocycles. The Bertz CT molecular complexity index is 1010. The van der Waals surface area contributed by atoms with Gasteiger partial charge in [-0.15, -0.1) is 0 Å². The summed E-state index contributed by atoms with van der Waals surface area (Å²) in [5, 5.41) is 0. The van der Waals surface area contributed by atoms with Crippen molar-refractivity contribution in [1.29, 1.82) is 0 Å². The number of unbranched alkanes of at least 4 members (excludes halogenated alkanes) is 5. The predicted octanol–water partition coefficient (Wildman–Crippen LogP) is 6.23. The number of ether oxygens (including phenoxy) is 4. The third-order valence-electron chi connectivity index (χ3n) is 6.00. The molecule has 2 aromatic carbocycles. The van der Waals surface area contributed by atoms with E-state index in [2.05, 4.69) is 18.8 Å². The first kappa shape index (κ1) is 27.4. The normalized spacial score (nSPS) is 17.1. The molecule has 0 amide bonds. The third kappa shape index (κ3) is 9.14. The molecule has 1 saturated heterocycles. The van der Waals surface area contributed by atoms with E-state index >= 15 is 0 Å². The number of esters is 2. The quantitative estimate of drug-likeness (QED) is 0.160. The fraction of sp³-hybridized carbons (Fsp3) is 0.467. The van der Waals surface area contributed by atoms with Crippen molar-refractivity contribution in [2.45, 2.75) is 65.1 Å². The maximum Gasteiger partial charge on any atom is 0.390 e. The maximum absolute atomic E-state index is 12.1. The minimum absolute atomic E-state index is 0.298. The first-order chi connectivity index (χ1) is 17.6. The van der Waals surface area contributed by atoms with Gasteiger partial charge in [-0.25, -0.2) is 9.59 Å². The highest BCUT2D eigenvalue weighted by atomic mass is 16.7. The zero-order chi connectivity index (χ0) is 25.6. The van der Waals surface area contributed by atoms with Crippen LogP contribution in [0.5, 0.6) is 5.75 Å². The van der Waals surface area contributed by atoms with Crippen LogP contribution in [0.15, 0.2) is 48.5 Å². The van der Waals surface area contributed by atoms with Crippen molar-refractivity contribution in [1.82, 2.24) is 0 Å². The van der Waals surface area contributed by atoms with Gasteiger partial charge in [-0.2, -0.15) is 0 Å². The zero-order valence-electron chi connectivity index (χ0n) is 21.3. The van der Waals surface area contributed by atoms with Crippen LogP contribution in [0.2, 0.25) is 0 Å². The summed E-state index contributed by atoms with van der Waals surface area (Å²) in [5.74, 6) is 4.95. The van der Waals surface area contributed by atoms with Gasteiger partial charge >= 0.3 is 11.9 Å². The van der Waals surface area contributed by atoms with Crippen LogP contribution in [0.25, 0.3) is 0 Å².